The molecule has 17 heavy (non-hydrogen) atoms. The normalized spacial score (nSPS) is 10.3. The van der Waals surface area contributed by atoms with Crippen molar-refractivity contribution in [1.82, 2.24) is 0 Å². The highest BCUT2D eigenvalue weighted by atomic mass is 79.9. The zero-order valence-electron chi connectivity index (χ0n) is 9.63. The van der Waals surface area contributed by atoms with Gasteiger partial charge in [-0.1, -0.05) is 34.5 Å². The minimum Gasteiger partial charge on any atom is -0.381 e. The van der Waals surface area contributed by atoms with Crippen molar-refractivity contribution in [2.45, 2.75) is 19.8 Å². The van der Waals surface area contributed by atoms with Gasteiger partial charge in [-0.2, -0.15) is 0 Å². The average molecular weight is 321 g/mol. The van der Waals surface area contributed by atoms with Crippen LogP contribution in [-0.2, 0) is 9.53 Å². The Bertz CT molecular complexity index is 385. The minimum absolute atomic E-state index is 0.0962. The zero-order valence-corrected chi connectivity index (χ0v) is 12.0. The monoisotopic (exact) mass is 319 g/mol. The van der Waals surface area contributed by atoms with Crippen molar-refractivity contribution in [3.63, 3.8) is 0 Å². The molecule has 0 aromatic heterocycles. The topological polar surface area (TPSA) is 38.3 Å². The maximum atomic E-state index is 11.6. The molecule has 0 radical (unpaired) electrons. The Morgan fingerprint density at radius 1 is 1.47 bits per heavy atom. The van der Waals surface area contributed by atoms with E-state index in [9.17, 15) is 4.79 Å². The molecule has 0 saturated carbocycles. The molecule has 1 amide bonds. The maximum Gasteiger partial charge on any atom is 0.226 e. The first-order valence-corrected chi connectivity index (χ1v) is 6.63. The number of nitrogens with one attached hydrogen (secondary N) is 1. The van der Waals surface area contributed by atoms with Crippen LogP contribution in [0.3, 0.4) is 0 Å². The first kappa shape index (κ1) is 14.5. The Hall–Kier alpha value is -0.580. The van der Waals surface area contributed by atoms with Gasteiger partial charge in [0.2, 0.25) is 5.91 Å². The van der Waals surface area contributed by atoms with E-state index in [1.54, 1.807) is 12.1 Å². The van der Waals surface area contributed by atoms with Gasteiger partial charge in [-0.3, -0.25) is 4.79 Å². The Kier molecular flexibility index (Phi) is 6.55. The Morgan fingerprint density at radius 2 is 2.24 bits per heavy atom. The summed E-state index contributed by atoms with van der Waals surface area (Å²) in [4.78, 5) is 11.6. The van der Waals surface area contributed by atoms with Crippen molar-refractivity contribution >= 4 is 39.1 Å². The quantitative estimate of drug-likeness (QED) is 0.808. The molecule has 5 heteroatoms. The minimum atomic E-state index is -0.0962. The van der Waals surface area contributed by atoms with Crippen molar-refractivity contribution in [3.8, 4) is 0 Å². The van der Waals surface area contributed by atoms with Crippen LogP contribution < -0.4 is 5.32 Å². The summed E-state index contributed by atoms with van der Waals surface area (Å²) in [5.74, 6) is -0.0962. The number of ether oxygens (including phenoxy) is 1. The molecule has 3 nitrogen and oxygen atoms in total. The average Bonchev–Trinajstić information content (AvgIpc) is 2.29. The van der Waals surface area contributed by atoms with E-state index in [2.05, 4.69) is 21.2 Å². The molecule has 0 bridgehead atoms. The van der Waals surface area contributed by atoms with Crippen molar-refractivity contribution in [2.24, 2.45) is 0 Å². The summed E-state index contributed by atoms with van der Waals surface area (Å²) in [7, 11) is 0. The van der Waals surface area contributed by atoms with Crippen LogP contribution in [0, 0.1) is 0 Å². The first-order chi connectivity index (χ1) is 8.13. The number of rotatable bonds is 6. The Balaban J connectivity index is 2.42. The van der Waals surface area contributed by atoms with Crippen LogP contribution in [0.4, 0.5) is 5.69 Å². The molecule has 1 aromatic rings. The SMILES string of the molecule is CCCOCCC(=O)Nc1cc(Br)ccc1Cl. The number of hydrogen-bond donors (Lipinski definition) is 1. The van der Waals surface area contributed by atoms with E-state index in [-0.39, 0.29) is 5.91 Å². The van der Waals surface area contributed by atoms with E-state index < -0.39 is 0 Å². The number of hydrogen-bond acceptors (Lipinski definition) is 2. The van der Waals surface area contributed by atoms with Gasteiger partial charge in [0.1, 0.15) is 0 Å². The van der Waals surface area contributed by atoms with Crippen molar-refractivity contribution in [2.75, 3.05) is 18.5 Å². The fourth-order valence-electron chi connectivity index (χ4n) is 1.22. The predicted octanol–water partition coefficient (Wildman–Crippen LogP) is 3.86. The molecular weight excluding hydrogens is 305 g/mol. The van der Waals surface area contributed by atoms with Gasteiger partial charge in [-0.05, 0) is 24.6 Å². The molecule has 0 atom stereocenters. The molecule has 0 saturated heterocycles. The molecule has 1 N–H and O–H groups in total. The van der Waals surface area contributed by atoms with Crippen LogP contribution in [0.2, 0.25) is 5.02 Å². The van der Waals surface area contributed by atoms with E-state index in [1.165, 1.54) is 0 Å². The molecule has 0 heterocycles. The van der Waals surface area contributed by atoms with Crippen LogP contribution in [0.15, 0.2) is 22.7 Å². The summed E-state index contributed by atoms with van der Waals surface area (Å²) in [5, 5.41) is 3.27. The number of amides is 1. The molecule has 94 valence electrons. The summed E-state index contributed by atoms with van der Waals surface area (Å²) in [6, 6.07) is 5.32. The molecular formula is C12H15BrClNO2. The van der Waals surface area contributed by atoms with Gasteiger partial charge in [0, 0.05) is 11.1 Å². The first-order valence-electron chi connectivity index (χ1n) is 5.46. The van der Waals surface area contributed by atoms with E-state index in [4.69, 9.17) is 16.3 Å². The van der Waals surface area contributed by atoms with Crippen molar-refractivity contribution < 1.29 is 9.53 Å². The summed E-state index contributed by atoms with van der Waals surface area (Å²) in [5.41, 5.74) is 0.613. The van der Waals surface area contributed by atoms with Crippen LogP contribution >= 0.6 is 27.5 Å². The second-order valence-corrected chi connectivity index (χ2v) is 4.86. The van der Waals surface area contributed by atoms with Gasteiger partial charge in [0.15, 0.2) is 0 Å². The zero-order chi connectivity index (χ0) is 12.7. The van der Waals surface area contributed by atoms with Crippen LogP contribution in [0.25, 0.3) is 0 Å². The lowest BCUT2D eigenvalue weighted by Gasteiger charge is -2.07. The lowest BCUT2D eigenvalue weighted by molar-refractivity contribution is -0.117. The highest BCUT2D eigenvalue weighted by Crippen LogP contribution is 2.25. The molecule has 1 rings (SSSR count). The second kappa shape index (κ2) is 7.69. The van der Waals surface area contributed by atoms with Crippen LogP contribution in [0.1, 0.15) is 19.8 Å². The summed E-state index contributed by atoms with van der Waals surface area (Å²) in [6.45, 7) is 3.15. The van der Waals surface area contributed by atoms with Gasteiger partial charge in [-0.15, -0.1) is 0 Å². The molecule has 0 aliphatic carbocycles. The molecule has 0 aliphatic heterocycles. The van der Waals surface area contributed by atoms with Crippen LogP contribution in [-0.4, -0.2) is 19.1 Å². The number of halogens is 2. The molecule has 0 aliphatic rings. The molecule has 1 aromatic carbocycles. The standard InChI is InChI=1S/C12H15BrClNO2/c1-2-6-17-7-5-12(16)15-11-8-9(13)3-4-10(11)14/h3-4,8H,2,5-7H2,1H3,(H,15,16). The number of anilines is 1. The van der Waals surface area contributed by atoms with E-state index in [1.807, 2.05) is 13.0 Å². The number of carbonyl (C=O) groups excluding carboxylic acids is 1. The maximum absolute atomic E-state index is 11.6. The van der Waals surface area contributed by atoms with Gasteiger partial charge < -0.3 is 10.1 Å². The van der Waals surface area contributed by atoms with Gasteiger partial charge in [0.05, 0.1) is 23.7 Å². The lowest BCUT2D eigenvalue weighted by Crippen LogP contribution is -2.14. The fraction of sp³-hybridized carbons (Fsp3) is 0.417. The second-order valence-electron chi connectivity index (χ2n) is 3.53. The number of carbonyl (C=O) groups is 1. The van der Waals surface area contributed by atoms with E-state index >= 15 is 0 Å². The summed E-state index contributed by atoms with van der Waals surface area (Å²) < 4.78 is 6.12. The van der Waals surface area contributed by atoms with Crippen molar-refractivity contribution in [3.05, 3.63) is 27.7 Å². The molecule has 0 fully saturated rings. The largest absolute Gasteiger partial charge is 0.381 e. The Morgan fingerprint density at radius 3 is 2.94 bits per heavy atom. The summed E-state index contributed by atoms with van der Waals surface area (Å²) >= 11 is 9.28. The van der Waals surface area contributed by atoms with Crippen molar-refractivity contribution in [1.29, 1.82) is 0 Å². The smallest absolute Gasteiger partial charge is 0.226 e. The molecule has 0 spiro atoms. The van der Waals surface area contributed by atoms with Gasteiger partial charge in [-0.25, -0.2) is 0 Å². The van der Waals surface area contributed by atoms with E-state index in [0.717, 1.165) is 10.9 Å². The number of benzene rings is 1. The lowest BCUT2D eigenvalue weighted by atomic mass is 10.3. The van der Waals surface area contributed by atoms with Gasteiger partial charge >= 0.3 is 0 Å². The highest BCUT2D eigenvalue weighted by molar-refractivity contribution is 9.10. The van der Waals surface area contributed by atoms with Gasteiger partial charge in [0.25, 0.3) is 0 Å². The van der Waals surface area contributed by atoms with Crippen LogP contribution in [0.5, 0.6) is 0 Å². The summed E-state index contributed by atoms with van der Waals surface area (Å²) in [6.07, 6.45) is 1.29. The third kappa shape index (κ3) is 5.52. The Labute approximate surface area is 115 Å². The van der Waals surface area contributed by atoms with E-state index in [0.29, 0.717) is 30.3 Å². The third-order valence-electron chi connectivity index (χ3n) is 2.02. The highest BCUT2D eigenvalue weighted by Gasteiger charge is 2.06. The predicted molar refractivity (Wildman–Crippen MR) is 73.5 cm³/mol. The fourth-order valence-corrected chi connectivity index (χ4v) is 1.74. The molecule has 0 unspecified atom stereocenters. The third-order valence-corrected chi connectivity index (χ3v) is 2.85.